The molecular weight excluding hydrogens is 226 g/mol. The molecule has 0 aromatic rings. The molecule has 1 rings (SSSR count). The van der Waals surface area contributed by atoms with Gasteiger partial charge >= 0.3 is 5.97 Å². The summed E-state index contributed by atoms with van der Waals surface area (Å²) in [5, 5.41) is 0. The van der Waals surface area contributed by atoms with Crippen LogP contribution in [0.1, 0.15) is 47.5 Å². The van der Waals surface area contributed by atoms with Crippen molar-refractivity contribution in [2.45, 2.75) is 59.1 Å². The highest BCUT2D eigenvalue weighted by Gasteiger charge is 2.40. The van der Waals surface area contributed by atoms with Crippen molar-refractivity contribution in [2.24, 2.45) is 17.1 Å². The molecule has 1 saturated carbocycles. The van der Waals surface area contributed by atoms with Crippen molar-refractivity contribution in [2.75, 3.05) is 0 Å². The third-order valence-electron chi connectivity index (χ3n) is 3.12. The number of esters is 1. The van der Waals surface area contributed by atoms with Gasteiger partial charge in [0.05, 0.1) is 0 Å². The molecule has 0 amide bonds. The number of nitrogens with two attached hydrogens (primary N) is 1. The van der Waals surface area contributed by atoms with E-state index in [-0.39, 0.29) is 24.5 Å². The summed E-state index contributed by atoms with van der Waals surface area (Å²) < 4.78 is 5.31. The Labute approximate surface area is 105 Å². The molecule has 0 unspecified atom stereocenters. The van der Waals surface area contributed by atoms with Gasteiger partial charge in [-0.3, -0.25) is 4.79 Å². The topological polar surface area (TPSA) is 52.3 Å². The van der Waals surface area contributed by atoms with Crippen LogP contribution in [0, 0.1) is 11.3 Å². The van der Waals surface area contributed by atoms with Crippen molar-refractivity contribution < 1.29 is 9.53 Å². The normalized spacial score (nSPS) is 25.4. The molecule has 96 valence electrons. The predicted molar refractivity (Wildman–Crippen MR) is 67.6 cm³/mol. The number of carbonyl (C=O) groups is 1. The number of rotatable bonds is 2. The van der Waals surface area contributed by atoms with Crippen LogP contribution in [-0.4, -0.2) is 17.6 Å². The maximum atomic E-state index is 11.5. The number of halogens is 1. The lowest BCUT2D eigenvalue weighted by Crippen LogP contribution is -2.48. The van der Waals surface area contributed by atoms with Gasteiger partial charge < -0.3 is 10.5 Å². The van der Waals surface area contributed by atoms with E-state index in [0.29, 0.717) is 11.3 Å². The van der Waals surface area contributed by atoms with E-state index >= 15 is 0 Å². The summed E-state index contributed by atoms with van der Waals surface area (Å²) in [5.74, 6) is 0.371. The van der Waals surface area contributed by atoms with Gasteiger partial charge in [-0.2, -0.15) is 0 Å². The second-order valence-corrected chi connectivity index (χ2v) is 6.28. The Morgan fingerprint density at radius 1 is 1.19 bits per heavy atom. The van der Waals surface area contributed by atoms with E-state index in [9.17, 15) is 4.79 Å². The van der Waals surface area contributed by atoms with Crippen LogP contribution in [-0.2, 0) is 9.53 Å². The molecule has 0 aromatic heterocycles. The highest BCUT2D eigenvalue weighted by molar-refractivity contribution is 5.85. The number of hydrogen-bond donors (Lipinski definition) is 1. The van der Waals surface area contributed by atoms with E-state index in [4.69, 9.17) is 10.5 Å². The first-order valence-corrected chi connectivity index (χ1v) is 5.60. The van der Waals surface area contributed by atoms with Gasteiger partial charge in [0, 0.05) is 0 Å². The lowest BCUT2D eigenvalue weighted by Gasteiger charge is -2.43. The van der Waals surface area contributed by atoms with Gasteiger partial charge in [-0.05, 0) is 38.0 Å². The smallest absolute Gasteiger partial charge is 0.325 e. The van der Waals surface area contributed by atoms with Crippen LogP contribution in [0.15, 0.2) is 0 Å². The summed E-state index contributed by atoms with van der Waals surface area (Å²) in [6.07, 6.45) is 2.04. The Morgan fingerprint density at radius 3 is 1.94 bits per heavy atom. The highest BCUT2D eigenvalue weighted by atomic mass is 35.5. The van der Waals surface area contributed by atoms with Crippen molar-refractivity contribution in [3.05, 3.63) is 0 Å². The van der Waals surface area contributed by atoms with E-state index < -0.39 is 5.54 Å². The maximum Gasteiger partial charge on any atom is 0.325 e. The van der Waals surface area contributed by atoms with E-state index in [1.807, 2.05) is 0 Å². The zero-order valence-electron chi connectivity index (χ0n) is 10.9. The first-order chi connectivity index (χ1) is 6.60. The van der Waals surface area contributed by atoms with E-state index in [1.165, 1.54) is 0 Å². The van der Waals surface area contributed by atoms with Crippen LogP contribution in [0.4, 0.5) is 0 Å². The monoisotopic (exact) mass is 249 g/mol. The van der Waals surface area contributed by atoms with Crippen LogP contribution < -0.4 is 5.73 Å². The zero-order chi connectivity index (χ0) is 11.9. The molecule has 0 saturated heterocycles. The minimum atomic E-state index is -0.868. The molecule has 0 aliphatic heterocycles. The summed E-state index contributed by atoms with van der Waals surface area (Å²) in [6.45, 7) is 10.0. The molecule has 0 aromatic carbocycles. The van der Waals surface area contributed by atoms with Crippen molar-refractivity contribution in [3.63, 3.8) is 0 Å². The molecule has 0 spiro atoms. The van der Waals surface area contributed by atoms with Crippen molar-refractivity contribution in [1.29, 1.82) is 0 Å². The molecule has 0 heterocycles. The van der Waals surface area contributed by atoms with Gasteiger partial charge in [-0.25, -0.2) is 0 Å². The quantitative estimate of drug-likeness (QED) is 0.765. The van der Waals surface area contributed by atoms with Gasteiger partial charge in [0.1, 0.15) is 11.6 Å². The molecule has 1 aliphatic carbocycles. The second kappa shape index (κ2) is 4.92. The third kappa shape index (κ3) is 3.95. The first-order valence-electron chi connectivity index (χ1n) is 5.60. The van der Waals surface area contributed by atoms with Gasteiger partial charge in [0.2, 0.25) is 0 Å². The first kappa shape index (κ1) is 15.7. The van der Waals surface area contributed by atoms with Crippen LogP contribution in [0.2, 0.25) is 0 Å². The molecule has 0 atom stereocenters. The summed E-state index contributed by atoms with van der Waals surface area (Å²) in [7, 11) is 0. The molecular formula is C12H24ClNO2. The largest absolute Gasteiger partial charge is 0.461 e. The van der Waals surface area contributed by atoms with Crippen molar-refractivity contribution >= 4 is 18.4 Å². The predicted octanol–water partition coefficient (Wildman–Crippen LogP) is 2.51. The average molecular weight is 250 g/mol. The molecule has 16 heavy (non-hydrogen) atoms. The fourth-order valence-corrected chi connectivity index (χ4v) is 1.67. The van der Waals surface area contributed by atoms with Gasteiger partial charge in [0.15, 0.2) is 0 Å². The minimum Gasteiger partial charge on any atom is -0.461 e. The average Bonchev–Trinajstić information content (AvgIpc) is 1.90. The summed E-state index contributed by atoms with van der Waals surface area (Å²) >= 11 is 0. The molecule has 0 radical (unpaired) electrons. The lowest BCUT2D eigenvalue weighted by atomic mass is 9.67. The minimum absolute atomic E-state index is 0. The summed E-state index contributed by atoms with van der Waals surface area (Å²) in [4.78, 5) is 11.5. The fraction of sp³-hybridized carbons (Fsp3) is 0.917. The lowest BCUT2D eigenvalue weighted by molar-refractivity contribution is -0.163. The van der Waals surface area contributed by atoms with Crippen molar-refractivity contribution in [3.8, 4) is 0 Å². The molecule has 1 aliphatic rings. The molecule has 4 heteroatoms. The van der Waals surface area contributed by atoms with Crippen molar-refractivity contribution in [1.82, 2.24) is 0 Å². The standard InChI is InChI=1S/C12H23NO2.ClH/c1-11(2,3)8-6-9(7-8)15-10(14)12(4,5)13;/h8-9H,6-7,13H2,1-5H3;1H. The van der Waals surface area contributed by atoms with Gasteiger partial charge in [-0.1, -0.05) is 20.8 Å². The SMILES string of the molecule is CC(C)(N)C(=O)OC1CC(C(C)(C)C)C1.Cl. The number of hydrogen-bond acceptors (Lipinski definition) is 3. The maximum absolute atomic E-state index is 11.5. The van der Waals surface area contributed by atoms with Crippen LogP contribution in [0.3, 0.4) is 0 Å². The zero-order valence-corrected chi connectivity index (χ0v) is 11.7. The fourth-order valence-electron chi connectivity index (χ4n) is 1.67. The third-order valence-corrected chi connectivity index (χ3v) is 3.12. The second-order valence-electron chi connectivity index (χ2n) is 6.28. The summed E-state index contributed by atoms with van der Waals surface area (Å²) in [6, 6.07) is 0. The Balaban J connectivity index is 0.00000225. The van der Waals surface area contributed by atoms with E-state index in [1.54, 1.807) is 13.8 Å². The highest BCUT2D eigenvalue weighted by Crippen LogP contribution is 2.42. The summed E-state index contributed by atoms with van der Waals surface area (Å²) in [5.41, 5.74) is 5.10. The molecule has 0 bridgehead atoms. The Kier molecular flexibility index (Phi) is 4.84. The number of ether oxygens (including phenoxy) is 1. The number of carbonyl (C=O) groups excluding carboxylic acids is 1. The van der Waals surface area contributed by atoms with Crippen LogP contribution in [0.25, 0.3) is 0 Å². The molecule has 1 fully saturated rings. The van der Waals surface area contributed by atoms with E-state index in [2.05, 4.69) is 20.8 Å². The van der Waals surface area contributed by atoms with Gasteiger partial charge in [0.25, 0.3) is 0 Å². The van der Waals surface area contributed by atoms with Crippen LogP contribution >= 0.6 is 12.4 Å². The molecule has 3 nitrogen and oxygen atoms in total. The Hall–Kier alpha value is -0.280. The Morgan fingerprint density at radius 2 is 1.62 bits per heavy atom. The van der Waals surface area contributed by atoms with Crippen LogP contribution in [0.5, 0.6) is 0 Å². The van der Waals surface area contributed by atoms with E-state index in [0.717, 1.165) is 12.8 Å². The Bertz CT molecular complexity index is 247. The molecule has 2 N–H and O–H groups in total. The van der Waals surface area contributed by atoms with Gasteiger partial charge in [-0.15, -0.1) is 12.4 Å².